The zero-order valence-electron chi connectivity index (χ0n) is 13.3. The molecule has 0 radical (unpaired) electrons. The molecule has 1 atom stereocenters. The zero-order chi connectivity index (χ0) is 17.8. The van der Waals surface area contributed by atoms with Crippen LogP contribution in [0.3, 0.4) is 0 Å². The van der Waals surface area contributed by atoms with Gasteiger partial charge < -0.3 is 10.2 Å². The van der Waals surface area contributed by atoms with Gasteiger partial charge in [-0.3, -0.25) is 4.79 Å². The van der Waals surface area contributed by atoms with Gasteiger partial charge in [0.05, 0.1) is 18.7 Å². The van der Waals surface area contributed by atoms with Crippen LogP contribution in [0.4, 0.5) is 15.8 Å². The van der Waals surface area contributed by atoms with Crippen molar-refractivity contribution in [2.45, 2.75) is 6.30 Å². The van der Waals surface area contributed by atoms with Crippen molar-refractivity contribution in [2.75, 3.05) is 29.9 Å². The minimum absolute atomic E-state index is 0.0528. The molecular weight excluding hydrogens is 327 g/mol. The third-order valence-corrected chi connectivity index (χ3v) is 4.02. The number of anilines is 2. The van der Waals surface area contributed by atoms with Gasteiger partial charge >= 0.3 is 0 Å². The Hall–Kier alpha value is -3.16. The summed E-state index contributed by atoms with van der Waals surface area (Å²) in [5.74, 6) is -0.311. The van der Waals surface area contributed by atoms with Gasteiger partial charge in [-0.15, -0.1) is 0 Å². The number of amides is 1. The number of halogens is 1. The molecule has 1 aliphatic rings. The highest BCUT2D eigenvalue weighted by molar-refractivity contribution is 6.08. The number of hydrazine groups is 1. The highest BCUT2D eigenvalue weighted by Crippen LogP contribution is 2.25. The molecule has 1 aliphatic heterocycles. The molecule has 1 unspecified atom stereocenters. The quantitative estimate of drug-likeness (QED) is 0.524. The number of nitrogens with one attached hydrogen (secondary N) is 1. The Bertz CT molecular complexity index is 771. The maximum atomic E-state index is 14.1. The van der Waals surface area contributed by atoms with Crippen molar-refractivity contribution in [1.82, 2.24) is 5.01 Å². The first-order chi connectivity index (χ1) is 12.1. The Morgan fingerprint density at radius 2 is 1.80 bits per heavy atom. The number of nitrogens with zero attached hydrogens (tertiary/aromatic N) is 3. The molecule has 2 aromatic carbocycles. The van der Waals surface area contributed by atoms with Gasteiger partial charge in [-0.25, -0.2) is 14.5 Å². The Labute approximate surface area is 143 Å². The molecule has 3 rings (SSSR count). The summed E-state index contributed by atoms with van der Waals surface area (Å²) in [5, 5.41) is 13.4. The molecule has 130 valence electrons. The summed E-state index contributed by atoms with van der Waals surface area (Å²) in [6, 6.07) is 15.9. The van der Waals surface area contributed by atoms with E-state index in [4.69, 9.17) is 0 Å². The number of para-hydroxylation sites is 2. The molecule has 0 bridgehead atoms. The van der Waals surface area contributed by atoms with E-state index in [0.29, 0.717) is 21.9 Å². The summed E-state index contributed by atoms with van der Waals surface area (Å²) in [6.07, 6.45) is -1.73. The standard InChI is InChI=1S/C17H17FN4O3/c18-16-12-20(10-11-21(16)22(24)25)15-9-5-4-8-14(15)17(23)19-13-6-2-1-3-7-13/h1-9,16H,10-12H2,(H,19,23). The number of benzene rings is 2. The Kier molecular flexibility index (Phi) is 4.78. The summed E-state index contributed by atoms with van der Waals surface area (Å²) in [4.78, 5) is 25.0. The van der Waals surface area contributed by atoms with Gasteiger partial charge in [-0.1, -0.05) is 35.3 Å². The first-order valence-electron chi connectivity index (χ1n) is 7.81. The van der Waals surface area contributed by atoms with Crippen LogP contribution in [0.2, 0.25) is 0 Å². The van der Waals surface area contributed by atoms with Crippen LogP contribution < -0.4 is 10.2 Å². The van der Waals surface area contributed by atoms with E-state index in [-0.39, 0.29) is 25.5 Å². The van der Waals surface area contributed by atoms with Crippen LogP contribution in [0.15, 0.2) is 54.6 Å². The van der Waals surface area contributed by atoms with E-state index in [9.17, 15) is 19.3 Å². The van der Waals surface area contributed by atoms with Crippen molar-refractivity contribution in [2.24, 2.45) is 0 Å². The van der Waals surface area contributed by atoms with Crippen LogP contribution in [0.25, 0.3) is 0 Å². The molecule has 1 amide bonds. The Morgan fingerprint density at radius 3 is 2.48 bits per heavy atom. The van der Waals surface area contributed by atoms with Crippen molar-refractivity contribution in [1.29, 1.82) is 0 Å². The topological polar surface area (TPSA) is 78.7 Å². The second kappa shape index (κ2) is 7.16. The number of hydrogen-bond donors (Lipinski definition) is 1. The molecule has 1 fully saturated rings. The number of carbonyl (C=O) groups excluding carboxylic acids is 1. The monoisotopic (exact) mass is 344 g/mol. The lowest BCUT2D eigenvalue weighted by molar-refractivity contribution is -0.671. The predicted octanol–water partition coefficient (Wildman–Crippen LogP) is 2.55. The smallest absolute Gasteiger partial charge is 0.257 e. The predicted molar refractivity (Wildman–Crippen MR) is 91.6 cm³/mol. The first kappa shape index (κ1) is 16.7. The molecule has 1 saturated heterocycles. The highest BCUT2D eigenvalue weighted by Gasteiger charge is 2.34. The normalized spacial score (nSPS) is 17.2. The summed E-state index contributed by atoms with van der Waals surface area (Å²) in [5.41, 5.74) is 1.61. The van der Waals surface area contributed by atoms with Crippen LogP contribution >= 0.6 is 0 Å². The van der Waals surface area contributed by atoms with Gasteiger partial charge in [0.25, 0.3) is 5.91 Å². The molecule has 0 saturated carbocycles. The van der Waals surface area contributed by atoms with Crippen LogP contribution in [0.5, 0.6) is 0 Å². The number of hydrogen-bond acceptors (Lipinski definition) is 4. The number of rotatable bonds is 4. The van der Waals surface area contributed by atoms with E-state index in [0.717, 1.165) is 0 Å². The highest BCUT2D eigenvalue weighted by atomic mass is 19.1. The van der Waals surface area contributed by atoms with Crippen molar-refractivity contribution in [3.63, 3.8) is 0 Å². The number of alkyl halides is 1. The summed E-state index contributed by atoms with van der Waals surface area (Å²) in [6.45, 7) is 0.0381. The molecule has 1 N–H and O–H groups in total. The third-order valence-electron chi connectivity index (χ3n) is 4.02. The SMILES string of the molecule is O=C(Nc1ccccc1)c1ccccc1N1CCN([N+](=O)[O-])C(F)C1. The fraction of sp³-hybridized carbons (Fsp3) is 0.235. The van der Waals surface area contributed by atoms with Gasteiger partial charge in [0.1, 0.15) is 0 Å². The van der Waals surface area contributed by atoms with Crippen LogP contribution in [0.1, 0.15) is 10.4 Å². The summed E-state index contributed by atoms with van der Waals surface area (Å²) < 4.78 is 14.1. The fourth-order valence-electron chi connectivity index (χ4n) is 2.79. The van der Waals surface area contributed by atoms with Gasteiger partial charge in [-0.05, 0) is 24.3 Å². The average Bonchev–Trinajstić information content (AvgIpc) is 2.62. The van der Waals surface area contributed by atoms with Crippen molar-refractivity contribution in [3.8, 4) is 0 Å². The summed E-state index contributed by atoms with van der Waals surface area (Å²) in [7, 11) is 0. The maximum absolute atomic E-state index is 14.1. The van der Waals surface area contributed by atoms with Crippen molar-refractivity contribution < 1.29 is 14.2 Å². The zero-order valence-corrected chi connectivity index (χ0v) is 13.3. The fourth-order valence-corrected chi connectivity index (χ4v) is 2.79. The molecule has 25 heavy (non-hydrogen) atoms. The molecule has 0 aliphatic carbocycles. The van der Waals surface area contributed by atoms with Gasteiger partial charge in [0, 0.05) is 17.9 Å². The van der Waals surface area contributed by atoms with Gasteiger partial charge in [-0.2, -0.15) is 0 Å². The minimum atomic E-state index is -1.73. The minimum Gasteiger partial charge on any atom is -0.364 e. The number of nitro groups is 1. The van der Waals surface area contributed by atoms with Crippen molar-refractivity contribution >= 4 is 17.3 Å². The van der Waals surface area contributed by atoms with E-state index >= 15 is 0 Å². The lowest BCUT2D eigenvalue weighted by Gasteiger charge is -2.34. The molecule has 1 heterocycles. The average molecular weight is 344 g/mol. The van der Waals surface area contributed by atoms with E-state index in [1.165, 1.54) is 0 Å². The van der Waals surface area contributed by atoms with Gasteiger partial charge in [0.15, 0.2) is 5.03 Å². The van der Waals surface area contributed by atoms with Crippen LogP contribution in [-0.4, -0.2) is 41.9 Å². The molecule has 0 aromatic heterocycles. The molecule has 0 spiro atoms. The molecule has 2 aromatic rings. The Balaban J connectivity index is 1.79. The number of piperazine rings is 1. The van der Waals surface area contributed by atoms with Crippen LogP contribution in [-0.2, 0) is 0 Å². The second-order valence-electron chi connectivity index (χ2n) is 5.62. The van der Waals surface area contributed by atoms with E-state index < -0.39 is 11.3 Å². The maximum Gasteiger partial charge on any atom is 0.257 e. The van der Waals surface area contributed by atoms with Crippen LogP contribution in [0, 0.1) is 10.1 Å². The van der Waals surface area contributed by atoms with E-state index in [2.05, 4.69) is 5.32 Å². The number of carbonyl (C=O) groups is 1. The molecule has 7 nitrogen and oxygen atoms in total. The lowest BCUT2D eigenvalue weighted by Crippen LogP contribution is -2.53. The first-order valence-corrected chi connectivity index (χ1v) is 7.81. The molecule has 8 heteroatoms. The Morgan fingerprint density at radius 1 is 1.12 bits per heavy atom. The molecular formula is C17H17FN4O3. The van der Waals surface area contributed by atoms with E-state index in [1.807, 2.05) is 18.2 Å². The lowest BCUT2D eigenvalue weighted by atomic mass is 10.1. The largest absolute Gasteiger partial charge is 0.364 e. The van der Waals surface area contributed by atoms with Gasteiger partial charge in [0.2, 0.25) is 6.30 Å². The van der Waals surface area contributed by atoms with E-state index in [1.54, 1.807) is 41.3 Å². The summed E-state index contributed by atoms with van der Waals surface area (Å²) >= 11 is 0. The third kappa shape index (κ3) is 3.68. The van der Waals surface area contributed by atoms with Crippen molar-refractivity contribution in [3.05, 3.63) is 70.3 Å². The second-order valence-corrected chi connectivity index (χ2v) is 5.62.